The lowest BCUT2D eigenvalue weighted by molar-refractivity contribution is -0.147. The Morgan fingerprint density at radius 1 is 0.875 bits per heavy atom. The first-order valence-electron chi connectivity index (χ1n) is 11.6. The first kappa shape index (κ1) is 30.4. The number of hydrogen-bond acceptors (Lipinski definition) is 6. The van der Waals surface area contributed by atoms with E-state index in [0.29, 0.717) is 25.7 Å². The van der Waals surface area contributed by atoms with Gasteiger partial charge in [0.05, 0.1) is 32.5 Å². The van der Waals surface area contributed by atoms with Crippen molar-refractivity contribution in [1.82, 2.24) is 4.90 Å². The monoisotopic (exact) mass is 455 g/mol. The Hall–Kier alpha value is -1.60. The third-order valence-electron chi connectivity index (χ3n) is 5.76. The van der Waals surface area contributed by atoms with Crippen LogP contribution in [0.4, 0.5) is 0 Å². The van der Waals surface area contributed by atoms with Crippen LogP contribution < -0.4 is 0 Å². The molecule has 0 bridgehead atoms. The molecule has 0 saturated carbocycles. The van der Waals surface area contributed by atoms with Crippen molar-refractivity contribution in [1.29, 1.82) is 0 Å². The molecule has 0 fully saturated rings. The second kappa shape index (κ2) is 13.8. The fourth-order valence-corrected chi connectivity index (χ4v) is 3.79. The lowest BCUT2D eigenvalue weighted by Gasteiger charge is -2.38. The molecule has 32 heavy (non-hydrogen) atoms. The van der Waals surface area contributed by atoms with Crippen LogP contribution in [0.1, 0.15) is 81.1 Å². The van der Waals surface area contributed by atoms with Crippen LogP contribution in [0.3, 0.4) is 0 Å². The fraction of sp³-hybridized carbons (Fsp3) is 0.840. The van der Waals surface area contributed by atoms with Crippen LogP contribution in [0, 0.1) is 16.7 Å². The van der Waals surface area contributed by atoms with Crippen molar-refractivity contribution in [3.05, 3.63) is 0 Å². The summed E-state index contributed by atoms with van der Waals surface area (Å²) in [5.41, 5.74) is -1.36. The molecule has 0 radical (unpaired) electrons. The number of ketones is 3. The van der Waals surface area contributed by atoms with Gasteiger partial charge in [-0.25, -0.2) is 0 Å². The minimum atomic E-state index is -0.756. The summed E-state index contributed by atoms with van der Waals surface area (Å²) in [6.45, 7) is 15.5. The number of carbonyl (C=O) groups excluding carboxylic acids is 4. The van der Waals surface area contributed by atoms with Gasteiger partial charge in [0.2, 0.25) is 5.91 Å². The zero-order valence-corrected chi connectivity index (χ0v) is 21.7. The Morgan fingerprint density at radius 2 is 1.38 bits per heavy atom. The van der Waals surface area contributed by atoms with Gasteiger partial charge < -0.3 is 14.4 Å². The van der Waals surface area contributed by atoms with E-state index < -0.39 is 10.8 Å². The normalized spacial score (nSPS) is 13.2. The molecule has 0 aromatic carbocycles. The Balaban J connectivity index is 5.20. The average molecular weight is 456 g/mol. The number of Topliss-reactive ketones (excluding diaryl/α,β-unsaturated/α-hetero) is 3. The average Bonchev–Trinajstić information content (AvgIpc) is 2.69. The molecule has 0 aliphatic carbocycles. The SMILES string of the molecule is CCC(=O)C(C)(C)CC(C)(C)C(=O)N(C)C(COCCC(C)=O)COCCC(=O)C(C)C. The highest BCUT2D eigenvalue weighted by atomic mass is 16.5. The Kier molecular flexibility index (Phi) is 13.1. The number of ether oxygens (including phenoxy) is 2. The van der Waals surface area contributed by atoms with Crippen LogP contribution in [-0.4, -0.2) is 67.7 Å². The van der Waals surface area contributed by atoms with E-state index in [9.17, 15) is 19.2 Å². The predicted octanol–water partition coefficient (Wildman–Crippen LogP) is 3.86. The highest BCUT2D eigenvalue weighted by molar-refractivity contribution is 5.86. The molecular formula is C25H45NO6. The molecule has 1 amide bonds. The molecule has 0 aliphatic rings. The molecule has 7 heteroatoms. The van der Waals surface area contributed by atoms with Crippen molar-refractivity contribution in [2.24, 2.45) is 16.7 Å². The molecule has 0 rings (SSSR count). The van der Waals surface area contributed by atoms with Crippen LogP contribution in [0.5, 0.6) is 0 Å². The molecule has 186 valence electrons. The molecule has 7 nitrogen and oxygen atoms in total. The third-order valence-corrected chi connectivity index (χ3v) is 5.76. The van der Waals surface area contributed by atoms with Gasteiger partial charge in [-0.15, -0.1) is 0 Å². The van der Waals surface area contributed by atoms with E-state index in [1.807, 2.05) is 48.5 Å². The summed E-state index contributed by atoms with van der Waals surface area (Å²) in [4.78, 5) is 50.3. The number of likely N-dealkylation sites (N-methyl/N-ethyl adjacent to an activating group) is 1. The van der Waals surface area contributed by atoms with Gasteiger partial charge in [-0.05, 0) is 13.3 Å². The van der Waals surface area contributed by atoms with E-state index >= 15 is 0 Å². The van der Waals surface area contributed by atoms with E-state index in [4.69, 9.17) is 9.47 Å². The summed E-state index contributed by atoms with van der Waals surface area (Å²) in [7, 11) is 1.71. The van der Waals surface area contributed by atoms with Gasteiger partial charge in [-0.1, -0.05) is 48.5 Å². The van der Waals surface area contributed by atoms with Crippen LogP contribution in [0.15, 0.2) is 0 Å². The second-order valence-electron chi connectivity index (χ2n) is 10.3. The lowest BCUT2D eigenvalue weighted by Crippen LogP contribution is -2.49. The highest BCUT2D eigenvalue weighted by Crippen LogP contribution is 2.36. The molecular weight excluding hydrogens is 410 g/mol. The van der Waals surface area contributed by atoms with Crippen molar-refractivity contribution in [2.45, 2.75) is 87.1 Å². The van der Waals surface area contributed by atoms with Gasteiger partial charge >= 0.3 is 0 Å². The molecule has 0 aliphatic heterocycles. The summed E-state index contributed by atoms with van der Waals surface area (Å²) < 4.78 is 11.4. The van der Waals surface area contributed by atoms with E-state index in [0.717, 1.165) is 0 Å². The maximum absolute atomic E-state index is 13.4. The van der Waals surface area contributed by atoms with Gasteiger partial charge in [-0.3, -0.25) is 19.2 Å². The lowest BCUT2D eigenvalue weighted by atomic mass is 9.71. The Morgan fingerprint density at radius 3 is 1.81 bits per heavy atom. The van der Waals surface area contributed by atoms with Crippen LogP contribution in [-0.2, 0) is 28.7 Å². The number of hydrogen-bond donors (Lipinski definition) is 0. The van der Waals surface area contributed by atoms with Gasteiger partial charge in [-0.2, -0.15) is 0 Å². The van der Waals surface area contributed by atoms with E-state index in [-0.39, 0.29) is 61.6 Å². The smallest absolute Gasteiger partial charge is 0.228 e. The molecule has 1 atom stereocenters. The zero-order valence-electron chi connectivity index (χ0n) is 21.7. The summed E-state index contributed by atoms with van der Waals surface area (Å²) in [6.07, 6.45) is 1.50. The maximum Gasteiger partial charge on any atom is 0.228 e. The van der Waals surface area contributed by atoms with Crippen LogP contribution >= 0.6 is 0 Å². The van der Waals surface area contributed by atoms with Crippen molar-refractivity contribution in [2.75, 3.05) is 33.5 Å². The molecule has 1 unspecified atom stereocenters. The molecule has 0 aromatic heterocycles. The van der Waals surface area contributed by atoms with Gasteiger partial charge in [0.1, 0.15) is 17.3 Å². The van der Waals surface area contributed by atoms with Gasteiger partial charge in [0.15, 0.2) is 0 Å². The first-order chi connectivity index (χ1) is 14.7. The third kappa shape index (κ3) is 10.8. The summed E-state index contributed by atoms with van der Waals surface area (Å²) in [5, 5.41) is 0. The van der Waals surface area contributed by atoms with Crippen molar-refractivity contribution >= 4 is 23.3 Å². The zero-order chi connectivity index (χ0) is 25.1. The van der Waals surface area contributed by atoms with Crippen LogP contribution in [0.2, 0.25) is 0 Å². The molecule has 0 aromatic rings. The van der Waals surface area contributed by atoms with E-state index in [2.05, 4.69) is 0 Å². The quantitative estimate of drug-likeness (QED) is 0.309. The van der Waals surface area contributed by atoms with Crippen molar-refractivity contribution in [3.8, 4) is 0 Å². The van der Waals surface area contributed by atoms with Gasteiger partial charge in [0.25, 0.3) is 0 Å². The fourth-order valence-electron chi connectivity index (χ4n) is 3.79. The minimum absolute atomic E-state index is 0.0384. The summed E-state index contributed by atoms with van der Waals surface area (Å²) in [5.74, 6) is 0.161. The second-order valence-corrected chi connectivity index (χ2v) is 10.3. The summed E-state index contributed by atoms with van der Waals surface area (Å²) in [6, 6.07) is -0.368. The van der Waals surface area contributed by atoms with Crippen molar-refractivity contribution < 1.29 is 28.7 Å². The van der Waals surface area contributed by atoms with E-state index in [1.54, 1.807) is 11.9 Å². The Bertz CT molecular complexity index is 638. The van der Waals surface area contributed by atoms with E-state index in [1.165, 1.54) is 6.92 Å². The molecule has 0 saturated heterocycles. The van der Waals surface area contributed by atoms with Crippen molar-refractivity contribution in [3.63, 3.8) is 0 Å². The number of nitrogens with zero attached hydrogens (tertiary/aromatic N) is 1. The standard InChI is InChI=1S/C25H45NO6/c1-10-22(29)24(5,6)17-25(7,8)23(30)26(9)20(15-31-13-11-19(4)27)16-32-14-12-21(28)18(2)3/h18,20H,10-17H2,1-9H3. The molecule has 0 N–H and O–H groups in total. The van der Waals surface area contributed by atoms with Crippen LogP contribution in [0.25, 0.3) is 0 Å². The van der Waals surface area contributed by atoms with Gasteiger partial charge in [0, 0.05) is 43.1 Å². The minimum Gasteiger partial charge on any atom is -0.379 e. The largest absolute Gasteiger partial charge is 0.379 e. The summed E-state index contributed by atoms with van der Waals surface area (Å²) >= 11 is 0. The topological polar surface area (TPSA) is 90.0 Å². The molecule has 0 spiro atoms. The number of amides is 1. The molecule has 0 heterocycles. The predicted molar refractivity (Wildman–Crippen MR) is 125 cm³/mol. The Labute approximate surface area is 194 Å². The highest BCUT2D eigenvalue weighted by Gasteiger charge is 2.40. The number of carbonyl (C=O) groups is 4. The maximum atomic E-state index is 13.4. The number of rotatable bonds is 17. The first-order valence-corrected chi connectivity index (χ1v) is 11.6.